The van der Waals surface area contributed by atoms with Crippen LogP contribution in [0.25, 0.3) is 0 Å². The molecular formula is C14H27N3. The van der Waals surface area contributed by atoms with Crippen molar-refractivity contribution in [2.24, 2.45) is 11.7 Å². The standard InChI is InChI=1S/C14H27N3/c1-3-4-5-10-17(2)11-8-13-7-6-9-14(13,16)12-15/h13H,3-11,16H2,1-2H3. The third-order valence-corrected chi connectivity index (χ3v) is 4.08. The van der Waals surface area contributed by atoms with E-state index in [2.05, 4.69) is 24.9 Å². The van der Waals surface area contributed by atoms with Crippen LogP contribution >= 0.6 is 0 Å². The van der Waals surface area contributed by atoms with Gasteiger partial charge in [-0.05, 0) is 51.7 Å². The number of nitrogens with two attached hydrogens (primary N) is 1. The molecule has 0 radical (unpaired) electrons. The molecule has 2 N–H and O–H groups in total. The fourth-order valence-electron chi connectivity index (χ4n) is 2.77. The van der Waals surface area contributed by atoms with E-state index in [1.54, 1.807) is 0 Å². The molecule has 0 saturated heterocycles. The lowest BCUT2D eigenvalue weighted by atomic mass is 9.87. The summed E-state index contributed by atoms with van der Waals surface area (Å²) in [6.07, 6.45) is 8.08. The van der Waals surface area contributed by atoms with Crippen molar-refractivity contribution < 1.29 is 0 Å². The first-order chi connectivity index (χ1) is 8.12. The van der Waals surface area contributed by atoms with Crippen LogP contribution in [0.4, 0.5) is 0 Å². The van der Waals surface area contributed by atoms with Crippen molar-refractivity contribution in [3.63, 3.8) is 0 Å². The van der Waals surface area contributed by atoms with Gasteiger partial charge in [-0.1, -0.05) is 26.2 Å². The monoisotopic (exact) mass is 237 g/mol. The Kier molecular flexibility index (Phi) is 5.94. The zero-order valence-electron chi connectivity index (χ0n) is 11.4. The van der Waals surface area contributed by atoms with E-state index in [1.807, 2.05) is 0 Å². The van der Waals surface area contributed by atoms with Gasteiger partial charge in [0.1, 0.15) is 5.54 Å². The highest BCUT2D eigenvalue weighted by Gasteiger charge is 2.39. The summed E-state index contributed by atoms with van der Waals surface area (Å²) in [5, 5.41) is 9.15. The quantitative estimate of drug-likeness (QED) is 0.692. The van der Waals surface area contributed by atoms with Crippen LogP contribution in [-0.4, -0.2) is 30.6 Å². The number of unbranched alkanes of at least 4 members (excludes halogenated alkanes) is 2. The van der Waals surface area contributed by atoms with E-state index >= 15 is 0 Å². The fourth-order valence-corrected chi connectivity index (χ4v) is 2.77. The van der Waals surface area contributed by atoms with Gasteiger partial charge in [-0.25, -0.2) is 0 Å². The van der Waals surface area contributed by atoms with Gasteiger partial charge >= 0.3 is 0 Å². The minimum atomic E-state index is -0.537. The van der Waals surface area contributed by atoms with E-state index in [-0.39, 0.29) is 0 Å². The Hall–Kier alpha value is -0.590. The second-order valence-corrected chi connectivity index (χ2v) is 5.54. The lowest BCUT2D eigenvalue weighted by molar-refractivity contribution is 0.271. The van der Waals surface area contributed by atoms with Crippen molar-refractivity contribution in [3.05, 3.63) is 0 Å². The zero-order chi connectivity index (χ0) is 12.7. The molecule has 1 aliphatic carbocycles. The molecule has 0 aliphatic heterocycles. The minimum Gasteiger partial charge on any atom is -0.313 e. The Balaban J connectivity index is 2.24. The first-order valence-electron chi connectivity index (χ1n) is 7.01. The van der Waals surface area contributed by atoms with Gasteiger partial charge in [-0.3, -0.25) is 0 Å². The van der Waals surface area contributed by atoms with Gasteiger partial charge in [0.2, 0.25) is 0 Å². The third-order valence-electron chi connectivity index (χ3n) is 4.08. The van der Waals surface area contributed by atoms with E-state index in [4.69, 9.17) is 11.0 Å². The van der Waals surface area contributed by atoms with Crippen LogP contribution in [0.2, 0.25) is 0 Å². The molecule has 17 heavy (non-hydrogen) atoms. The van der Waals surface area contributed by atoms with Crippen LogP contribution in [0.5, 0.6) is 0 Å². The van der Waals surface area contributed by atoms with E-state index in [0.717, 1.165) is 32.2 Å². The highest BCUT2D eigenvalue weighted by molar-refractivity contribution is 5.11. The second-order valence-electron chi connectivity index (χ2n) is 5.54. The maximum atomic E-state index is 9.15. The second kappa shape index (κ2) is 6.98. The average molecular weight is 237 g/mol. The number of hydrogen-bond donors (Lipinski definition) is 1. The molecule has 1 fully saturated rings. The summed E-state index contributed by atoms with van der Waals surface area (Å²) in [6, 6.07) is 2.33. The smallest absolute Gasteiger partial charge is 0.107 e. The molecule has 0 aromatic carbocycles. The molecule has 2 unspecified atom stereocenters. The number of nitrogens with zero attached hydrogens (tertiary/aromatic N) is 2. The van der Waals surface area contributed by atoms with Crippen LogP contribution in [0.15, 0.2) is 0 Å². The van der Waals surface area contributed by atoms with Crippen LogP contribution in [0.1, 0.15) is 51.9 Å². The molecule has 0 aromatic heterocycles. The van der Waals surface area contributed by atoms with Crippen molar-refractivity contribution in [2.45, 2.75) is 57.4 Å². The van der Waals surface area contributed by atoms with Crippen LogP contribution in [0, 0.1) is 17.2 Å². The minimum absolute atomic E-state index is 0.404. The average Bonchev–Trinajstić information content (AvgIpc) is 2.69. The van der Waals surface area contributed by atoms with Gasteiger partial charge in [0.15, 0.2) is 0 Å². The summed E-state index contributed by atoms with van der Waals surface area (Å²) in [6.45, 7) is 4.48. The summed E-state index contributed by atoms with van der Waals surface area (Å²) in [7, 11) is 2.18. The van der Waals surface area contributed by atoms with E-state index < -0.39 is 5.54 Å². The largest absolute Gasteiger partial charge is 0.313 e. The predicted molar refractivity (Wildman–Crippen MR) is 71.5 cm³/mol. The van der Waals surface area contributed by atoms with Gasteiger partial charge in [-0.2, -0.15) is 5.26 Å². The SMILES string of the molecule is CCCCCN(C)CCC1CCCC1(N)C#N. The molecule has 0 spiro atoms. The Bertz CT molecular complexity index is 259. The topological polar surface area (TPSA) is 53.0 Å². The molecule has 0 bridgehead atoms. The van der Waals surface area contributed by atoms with Crippen molar-refractivity contribution in [1.29, 1.82) is 5.26 Å². The lowest BCUT2D eigenvalue weighted by Crippen LogP contribution is -2.42. The van der Waals surface area contributed by atoms with E-state index in [1.165, 1.54) is 25.8 Å². The molecule has 0 amide bonds. The fraction of sp³-hybridized carbons (Fsp3) is 0.929. The van der Waals surface area contributed by atoms with Crippen LogP contribution < -0.4 is 5.73 Å². The Morgan fingerprint density at radius 2 is 2.18 bits per heavy atom. The van der Waals surface area contributed by atoms with Gasteiger partial charge in [-0.15, -0.1) is 0 Å². The van der Waals surface area contributed by atoms with Crippen LogP contribution in [0.3, 0.4) is 0 Å². The summed E-state index contributed by atoms with van der Waals surface area (Å²) in [5.74, 6) is 0.404. The maximum absolute atomic E-state index is 9.15. The predicted octanol–water partition coefficient (Wildman–Crippen LogP) is 2.52. The molecular weight excluding hydrogens is 210 g/mol. The normalized spacial score (nSPS) is 28.5. The Morgan fingerprint density at radius 1 is 1.41 bits per heavy atom. The summed E-state index contributed by atoms with van der Waals surface area (Å²) in [4.78, 5) is 2.38. The molecule has 0 aromatic rings. The zero-order valence-corrected chi connectivity index (χ0v) is 11.4. The van der Waals surface area contributed by atoms with E-state index in [9.17, 15) is 0 Å². The number of rotatable bonds is 7. The molecule has 1 saturated carbocycles. The number of hydrogen-bond acceptors (Lipinski definition) is 3. The van der Waals surface area contributed by atoms with Crippen molar-refractivity contribution in [2.75, 3.05) is 20.1 Å². The molecule has 98 valence electrons. The van der Waals surface area contributed by atoms with Crippen LogP contribution in [-0.2, 0) is 0 Å². The summed E-state index contributed by atoms with van der Waals surface area (Å²) in [5.41, 5.74) is 5.59. The van der Waals surface area contributed by atoms with Gasteiger partial charge in [0, 0.05) is 0 Å². The lowest BCUT2D eigenvalue weighted by Gasteiger charge is -2.26. The van der Waals surface area contributed by atoms with Crippen molar-refractivity contribution >= 4 is 0 Å². The molecule has 3 heteroatoms. The molecule has 0 heterocycles. The van der Waals surface area contributed by atoms with Crippen molar-refractivity contribution in [3.8, 4) is 6.07 Å². The Labute approximate surface area is 106 Å². The number of nitriles is 1. The Morgan fingerprint density at radius 3 is 2.82 bits per heavy atom. The molecule has 2 atom stereocenters. The van der Waals surface area contributed by atoms with Gasteiger partial charge < -0.3 is 10.6 Å². The van der Waals surface area contributed by atoms with Crippen molar-refractivity contribution in [1.82, 2.24) is 4.90 Å². The van der Waals surface area contributed by atoms with E-state index in [0.29, 0.717) is 5.92 Å². The first-order valence-corrected chi connectivity index (χ1v) is 7.01. The molecule has 1 aliphatic rings. The van der Waals surface area contributed by atoms with Gasteiger partial charge in [0.05, 0.1) is 6.07 Å². The highest BCUT2D eigenvalue weighted by Crippen LogP contribution is 2.35. The summed E-state index contributed by atoms with van der Waals surface area (Å²) >= 11 is 0. The maximum Gasteiger partial charge on any atom is 0.107 e. The highest BCUT2D eigenvalue weighted by atomic mass is 15.1. The molecule has 1 rings (SSSR count). The third kappa shape index (κ3) is 4.29. The first kappa shape index (κ1) is 14.5. The molecule has 3 nitrogen and oxygen atoms in total. The summed E-state index contributed by atoms with van der Waals surface area (Å²) < 4.78 is 0. The van der Waals surface area contributed by atoms with Gasteiger partial charge in [0.25, 0.3) is 0 Å².